The molecule has 1 atom stereocenters. The van der Waals surface area contributed by atoms with Crippen LogP contribution in [0.4, 0.5) is 24.5 Å². The van der Waals surface area contributed by atoms with E-state index in [9.17, 15) is 32.3 Å². The van der Waals surface area contributed by atoms with E-state index >= 15 is 0 Å². The second-order valence-corrected chi connectivity index (χ2v) is 14.9. The van der Waals surface area contributed by atoms with E-state index in [0.717, 1.165) is 87.1 Å². The van der Waals surface area contributed by atoms with Crippen LogP contribution >= 0.6 is 0 Å². The Hall–Kier alpha value is -5.71. The number of piperidine rings is 1. The molecule has 3 aromatic heterocycles. The van der Waals surface area contributed by atoms with Crippen LogP contribution in [0.5, 0.6) is 5.75 Å². The van der Waals surface area contributed by atoms with Gasteiger partial charge in [-0.25, -0.2) is 9.78 Å². The molecule has 17 heteroatoms. The number of hydrogen-bond acceptors (Lipinski definition) is 9. The van der Waals surface area contributed by atoms with Crippen molar-refractivity contribution in [2.45, 2.75) is 56.8 Å². The van der Waals surface area contributed by atoms with Crippen molar-refractivity contribution in [3.63, 3.8) is 0 Å². The van der Waals surface area contributed by atoms with Gasteiger partial charge in [0.1, 0.15) is 23.2 Å². The molecule has 1 aliphatic carbocycles. The van der Waals surface area contributed by atoms with Gasteiger partial charge in [0.05, 0.1) is 41.1 Å². The van der Waals surface area contributed by atoms with Crippen molar-refractivity contribution in [2.24, 2.45) is 13.0 Å². The number of para-hydroxylation sites is 1. The first-order chi connectivity index (χ1) is 26.9. The molecule has 294 valence electrons. The zero-order valence-electron chi connectivity index (χ0n) is 31.0. The van der Waals surface area contributed by atoms with Gasteiger partial charge in [0.2, 0.25) is 11.8 Å². The fourth-order valence-electron chi connectivity index (χ4n) is 8.46. The summed E-state index contributed by atoms with van der Waals surface area (Å²) in [6, 6.07) is 11.9. The number of aromatic nitrogens is 5. The number of carbonyl (C=O) groups excluding carboxylic acids is 3. The summed E-state index contributed by atoms with van der Waals surface area (Å²) in [5.74, 6) is -0.675. The number of piperazine rings is 1. The van der Waals surface area contributed by atoms with Gasteiger partial charge in [-0.3, -0.25) is 38.4 Å². The highest BCUT2D eigenvalue weighted by Crippen LogP contribution is 2.36. The van der Waals surface area contributed by atoms with Crippen molar-refractivity contribution in [1.82, 2.24) is 34.1 Å². The maximum Gasteiger partial charge on any atom is 0.433 e. The summed E-state index contributed by atoms with van der Waals surface area (Å²) in [4.78, 5) is 59.1. The number of fused-ring (bicyclic) bond motifs is 2. The molecule has 5 heterocycles. The van der Waals surface area contributed by atoms with E-state index in [0.29, 0.717) is 34.8 Å². The van der Waals surface area contributed by atoms with Gasteiger partial charge in [0, 0.05) is 63.8 Å². The highest BCUT2D eigenvalue weighted by Gasteiger charge is 2.34. The molecule has 3 aliphatic rings. The Morgan fingerprint density at radius 2 is 1.73 bits per heavy atom. The Balaban J connectivity index is 0.877. The highest BCUT2D eigenvalue weighted by atomic mass is 19.4. The molecule has 0 bridgehead atoms. The van der Waals surface area contributed by atoms with Crippen LogP contribution in [0.3, 0.4) is 0 Å². The van der Waals surface area contributed by atoms with Crippen molar-refractivity contribution < 1.29 is 32.3 Å². The van der Waals surface area contributed by atoms with Crippen molar-refractivity contribution in [1.29, 1.82) is 0 Å². The number of rotatable bonds is 8. The number of aryl methyl sites for hydroxylation is 1. The summed E-state index contributed by atoms with van der Waals surface area (Å²) in [7, 11) is 3.18. The van der Waals surface area contributed by atoms with E-state index < -0.39 is 29.7 Å². The molecule has 56 heavy (non-hydrogen) atoms. The Kier molecular flexibility index (Phi) is 9.80. The third-order valence-corrected chi connectivity index (χ3v) is 11.4. The summed E-state index contributed by atoms with van der Waals surface area (Å²) in [5, 5.41) is 10.6. The molecule has 0 spiro atoms. The van der Waals surface area contributed by atoms with Crippen LogP contribution < -0.4 is 26.0 Å². The summed E-state index contributed by atoms with van der Waals surface area (Å²) in [6.07, 6.45) is 1.76. The molecule has 1 unspecified atom stereocenters. The van der Waals surface area contributed by atoms with Crippen LogP contribution in [0, 0.1) is 5.92 Å². The van der Waals surface area contributed by atoms with Crippen LogP contribution in [0.1, 0.15) is 66.8 Å². The van der Waals surface area contributed by atoms with E-state index in [1.165, 1.54) is 17.7 Å². The summed E-state index contributed by atoms with van der Waals surface area (Å²) < 4.78 is 50.1. The Bertz CT molecular complexity index is 2390. The van der Waals surface area contributed by atoms with Gasteiger partial charge >= 0.3 is 11.9 Å². The van der Waals surface area contributed by atoms with E-state index in [1.54, 1.807) is 23.7 Å². The fourth-order valence-corrected chi connectivity index (χ4v) is 8.46. The molecule has 3 fully saturated rings. The van der Waals surface area contributed by atoms with E-state index in [4.69, 9.17) is 9.84 Å². The van der Waals surface area contributed by atoms with Gasteiger partial charge in [0.25, 0.3) is 5.91 Å². The highest BCUT2D eigenvalue weighted by molar-refractivity contribution is 6.05. The van der Waals surface area contributed by atoms with E-state index in [1.807, 2.05) is 29.1 Å². The topological polar surface area (TPSA) is 149 Å². The molecule has 2 aromatic carbocycles. The number of ether oxygens (including phenoxy) is 1. The number of nitrogens with zero attached hydrogens (tertiary/aromatic N) is 7. The first-order valence-electron chi connectivity index (χ1n) is 18.8. The fraction of sp³-hybridized carbons (Fsp3) is 0.436. The first-order valence-corrected chi connectivity index (χ1v) is 18.8. The summed E-state index contributed by atoms with van der Waals surface area (Å²) in [5.41, 5.74) is 1.63. The molecule has 14 nitrogen and oxygen atoms in total. The van der Waals surface area contributed by atoms with Gasteiger partial charge in [-0.15, -0.1) is 0 Å². The molecule has 5 aromatic rings. The number of methoxy groups -OCH3 is 1. The number of imide groups is 1. The maximum absolute atomic E-state index is 13.4. The molecule has 2 aliphatic heterocycles. The maximum atomic E-state index is 13.4. The van der Waals surface area contributed by atoms with Crippen molar-refractivity contribution >= 4 is 51.0 Å². The number of halogens is 3. The quantitative estimate of drug-likeness (QED) is 0.210. The largest absolute Gasteiger partial charge is 0.494 e. The number of anilines is 2. The molecule has 0 radical (unpaired) electrons. The smallest absolute Gasteiger partial charge is 0.433 e. The first kappa shape index (κ1) is 37.2. The van der Waals surface area contributed by atoms with Crippen molar-refractivity contribution in [2.75, 3.05) is 50.1 Å². The minimum atomic E-state index is -4.67. The minimum Gasteiger partial charge on any atom is -0.494 e. The van der Waals surface area contributed by atoms with Crippen LogP contribution in [0.2, 0.25) is 0 Å². The minimum absolute atomic E-state index is 0.194. The third kappa shape index (κ3) is 7.10. The third-order valence-electron chi connectivity index (χ3n) is 11.4. The number of hydrogen-bond donors (Lipinski definition) is 2. The normalized spacial score (nSPS) is 21.1. The lowest BCUT2D eigenvalue weighted by Crippen LogP contribution is -2.48. The van der Waals surface area contributed by atoms with Crippen molar-refractivity contribution in [3.8, 4) is 5.75 Å². The molecule has 1 saturated carbocycles. The lowest BCUT2D eigenvalue weighted by molar-refractivity contribution is -0.141. The second kappa shape index (κ2) is 14.7. The number of pyridine rings is 1. The van der Waals surface area contributed by atoms with Crippen LogP contribution in [-0.2, 0) is 22.8 Å². The number of amides is 3. The molecule has 3 amide bonds. The summed E-state index contributed by atoms with van der Waals surface area (Å²) in [6.45, 7) is 4.36. The van der Waals surface area contributed by atoms with E-state index in [-0.39, 0.29) is 29.8 Å². The van der Waals surface area contributed by atoms with Crippen LogP contribution in [0.15, 0.2) is 59.5 Å². The predicted octanol–water partition coefficient (Wildman–Crippen LogP) is 4.90. The Morgan fingerprint density at radius 1 is 0.982 bits per heavy atom. The number of alkyl halides is 3. The lowest BCUT2D eigenvalue weighted by atomic mass is 9.85. The SMILES string of the molecule is COc1cc2nn([C@H]3CC[C@H](CN4CCN(c5cccc6c5n(C)c(=O)n6C5CCC(=O)NC5=O)CC4)CC3)cc2cc1NC(=O)c1cccc(C(F)(F)F)n1. The monoisotopic (exact) mass is 773 g/mol. The van der Waals surface area contributed by atoms with Gasteiger partial charge in [0.15, 0.2) is 0 Å². The molecule has 8 rings (SSSR count). The lowest BCUT2D eigenvalue weighted by Gasteiger charge is -2.39. The van der Waals surface area contributed by atoms with Gasteiger partial charge in [-0.2, -0.15) is 18.3 Å². The number of carbonyl (C=O) groups is 3. The average molecular weight is 774 g/mol. The molecule has 2 saturated heterocycles. The molecule has 2 N–H and O–H groups in total. The Morgan fingerprint density at radius 3 is 2.45 bits per heavy atom. The van der Waals surface area contributed by atoms with Crippen LogP contribution in [0.25, 0.3) is 21.9 Å². The standard InChI is InChI=1S/C39H42F3N9O5/c1-47-35-29(6-4-7-30(35)51(38(47)55)31-13-14-34(52)45-37(31)54)49-17-15-48(16-18-49)21-23-9-11-25(12-10-23)50-22-24-19-28(32(56-2)20-27(24)46-50)44-36(53)26-5-3-8-33(43-26)39(40,41)42/h3-8,19-20,22-23,25,31H,9-18,21H2,1-2H3,(H,44,53)(H,45,52,54)/t23-,25-,31?. The average Bonchev–Trinajstić information content (AvgIpc) is 3.72. The number of benzene rings is 2. The van der Waals surface area contributed by atoms with E-state index in [2.05, 4.69) is 25.4 Å². The van der Waals surface area contributed by atoms with Gasteiger partial charge in [-0.1, -0.05) is 12.1 Å². The predicted molar refractivity (Wildman–Crippen MR) is 202 cm³/mol. The Labute approximate surface area is 319 Å². The molecular formula is C39H42F3N9O5. The van der Waals surface area contributed by atoms with Crippen molar-refractivity contribution in [3.05, 3.63) is 76.6 Å². The molecular weight excluding hydrogens is 731 g/mol. The number of nitrogens with one attached hydrogen (secondary N) is 2. The van der Waals surface area contributed by atoms with Crippen LogP contribution in [-0.4, -0.2) is 86.4 Å². The number of imidazole rings is 1. The zero-order valence-corrected chi connectivity index (χ0v) is 31.0. The van der Waals surface area contributed by atoms with Gasteiger partial charge < -0.3 is 15.0 Å². The summed E-state index contributed by atoms with van der Waals surface area (Å²) >= 11 is 0. The second-order valence-electron chi connectivity index (χ2n) is 14.9. The van der Waals surface area contributed by atoms with Gasteiger partial charge in [-0.05, 0) is 68.4 Å². The zero-order chi connectivity index (χ0) is 39.3.